The third-order valence-corrected chi connectivity index (χ3v) is 3.81. The highest BCUT2D eigenvalue weighted by Gasteiger charge is 2.17. The molecule has 0 aliphatic carbocycles. The van der Waals surface area contributed by atoms with Crippen LogP contribution in [0, 0.1) is 0 Å². The fraction of sp³-hybridized carbons (Fsp3) is 0.500. The van der Waals surface area contributed by atoms with Gasteiger partial charge >= 0.3 is 0 Å². The maximum absolute atomic E-state index is 8.76. The first kappa shape index (κ1) is 10.1. The summed E-state index contributed by atoms with van der Waals surface area (Å²) in [6, 6.07) is 6.73. The van der Waals surface area contributed by atoms with Crippen molar-refractivity contribution in [2.45, 2.75) is 36.3 Å². The molecule has 0 bridgehead atoms. The van der Waals surface area contributed by atoms with Crippen molar-refractivity contribution in [1.82, 2.24) is 0 Å². The molecule has 1 aromatic rings. The van der Waals surface area contributed by atoms with Crippen LogP contribution in [0.15, 0.2) is 23.1 Å². The van der Waals surface area contributed by atoms with Crippen molar-refractivity contribution in [3.63, 3.8) is 0 Å². The summed E-state index contributed by atoms with van der Waals surface area (Å²) in [7, 11) is 0. The average Bonchev–Trinajstić information content (AvgIpc) is 2.54. The zero-order valence-corrected chi connectivity index (χ0v) is 9.31. The Morgan fingerprint density at radius 2 is 2.36 bits per heavy atom. The molecule has 2 heteroatoms. The van der Waals surface area contributed by atoms with E-state index in [1.807, 2.05) is 11.8 Å². The lowest BCUT2D eigenvalue weighted by Crippen LogP contribution is -1.93. The molecule has 1 aliphatic heterocycles. The molecule has 1 unspecified atom stereocenters. The molecule has 1 N–H and O–H groups in total. The maximum Gasteiger partial charge on any atom is 0.0434 e. The molecule has 0 radical (unpaired) electrons. The van der Waals surface area contributed by atoms with E-state index in [1.54, 1.807) is 0 Å². The van der Waals surface area contributed by atoms with Gasteiger partial charge in [0.1, 0.15) is 0 Å². The Hall–Kier alpha value is -0.470. The number of benzene rings is 1. The summed E-state index contributed by atoms with van der Waals surface area (Å²) in [6.45, 7) is 2.57. The average molecular weight is 208 g/mol. The predicted octanol–water partition coefficient (Wildman–Crippen LogP) is 2.65. The van der Waals surface area contributed by atoms with Gasteiger partial charge in [-0.3, -0.25) is 0 Å². The number of fused-ring (bicyclic) bond motifs is 1. The minimum atomic E-state index is 0.294. The number of aliphatic hydroxyl groups excluding tert-OH is 1. The highest BCUT2D eigenvalue weighted by molar-refractivity contribution is 8.00. The Morgan fingerprint density at radius 1 is 1.50 bits per heavy atom. The Labute approximate surface area is 89.5 Å². The molecular weight excluding hydrogens is 192 g/mol. The Bertz CT molecular complexity index is 322. The van der Waals surface area contributed by atoms with Gasteiger partial charge in [0.15, 0.2) is 0 Å². The van der Waals surface area contributed by atoms with E-state index >= 15 is 0 Å². The summed E-state index contributed by atoms with van der Waals surface area (Å²) in [6.07, 6.45) is 3.08. The van der Waals surface area contributed by atoms with E-state index in [1.165, 1.54) is 22.4 Å². The molecule has 0 saturated carbocycles. The molecule has 0 saturated heterocycles. The number of thioether (sulfide) groups is 1. The molecule has 76 valence electrons. The van der Waals surface area contributed by atoms with Gasteiger partial charge in [-0.1, -0.05) is 19.1 Å². The van der Waals surface area contributed by atoms with E-state index in [0.717, 1.165) is 18.1 Å². The fourth-order valence-electron chi connectivity index (χ4n) is 1.91. The lowest BCUT2D eigenvalue weighted by Gasteiger charge is -2.02. The summed E-state index contributed by atoms with van der Waals surface area (Å²) >= 11 is 1.97. The monoisotopic (exact) mass is 208 g/mol. The van der Waals surface area contributed by atoms with Crippen molar-refractivity contribution in [3.05, 3.63) is 29.3 Å². The third kappa shape index (κ3) is 2.12. The summed E-state index contributed by atoms with van der Waals surface area (Å²) in [4.78, 5) is 1.45. The second-order valence-electron chi connectivity index (χ2n) is 3.90. The van der Waals surface area contributed by atoms with Gasteiger partial charge < -0.3 is 5.11 Å². The minimum Gasteiger partial charge on any atom is -0.396 e. The van der Waals surface area contributed by atoms with Gasteiger partial charge in [0.25, 0.3) is 0 Å². The van der Waals surface area contributed by atoms with Crippen LogP contribution in [0.5, 0.6) is 0 Å². The van der Waals surface area contributed by atoms with E-state index in [4.69, 9.17) is 5.11 Å². The molecule has 0 spiro atoms. The predicted molar refractivity (Wildman–Crippen MR) is 60.9 cm³/mol. The smallest absolute Gasteiger partial charge is 0.0434 e. The van der Waals surface area contributed by atoms with Crippen LogP contribution in [0.3, 0.4) is 0 Å². The minimum absolute atomic E-state index is 0.294. The highest BCUT2D eigenvalue weighted by atomic mass is 32.2. The van der Waals surface area contributed by atoms with Crippen molar-refractivity contribution >= 4 is 11.8 Å². The first-order valence-electron chi connectivity index (χ1n) is 5.19. The standard InChI is InChI=1S/C12H16OS/c1-9-7-11-8-10(3-2-6-13)4-5-12(11)14-9/h4-5,8-9,13H,2-3,6-7H2,1H3. The number of aryl methyl sites for hydroxylation is 1. The first-order valence-corrected chi connectivity index (χ1v) is 6.07. The second kappa shape index (κ2) is 4.37. The van der Waals surface area contributed by atoms with Gasteiger partial charge in [0.2, 0.25) is 0 Å². The summed E-state index contributed by atoms with van der Waals surface area (Å²) in [5.41, 5.74) is 2.87. The molecule has 1 aliphatic rings. The van der Waals surface area contributed by atoms with Gasteiger partial charge in [-0.2, -0.15) is 0 Å². The van der Waals surface area contributed by atoms with Crippen LogP contribution in [-0.4, -0.2) is 17.0 Å². The molecule has 0 aromatic heterocycles. The van der Waals surface area contributed by atoms with Crippen molar-refractivity contribution in [2.75, 3.05) is 6.61 Å². The van der Waals surface area contributed by atoms with Crippen LogP contribution in [0.1, 0.15) is 24.5 Å². The van der Waals surface area contributed by atoms with E-state index in [-0.39, 0.29) is 0 Å². The van der Waals surface area contributed by atoms with Gasteiger partial charge in [-0.25, -0.2) is 0 Å². The number of rotatable bonds is 3. The van der Waals surface area contributed by atoms with Crippen LogP contribution in [0.4, 0.5) is 0 Å². The zero-order chi connectivity index (χ0) is 9.97. The lowest BCUT2D eigenvalue weighted by molar-refractivity contribution is 0.288. The first-order chi connectivity index (χ1) is 6.79. The lowest BCUT2D eigenvalue weighted by atomic mass is 10.0. The van der Waals surface area contributed by atoms with Gasteiger partial charge in [-0.15, -0.1) is 11.8 Å². The van der Waals surface area contributed by atoms with Gasteiger partial charge in [-0.05, 0) is 36.5 Å². The van der Waals surface area contributed by atoms with Crippen molar-refractivity contribution in [1.29, 1.82) is 0 Å². The Balaban J connectivity index is 2.12. The molecule has 14 heavy (non-hydrogen) atoms. The molecule has 1 heterocycles. The summed E-state index contributed by atoms with van der Waals surface area (Å²) < 4.78 is 0. The van der Waals surface area contributed by atoms with Gasteiger partial charge in [0, 0.05) is 16.8 Å². The highest BCUT2D eigenvalue weighted by Crippen LogP contribution is 2.37. The van der Waals surface area contributed by atoms with E-state index in [2.05, 4.69) is 25.1 Å². The third-order valence-electron chi connectivity index (χ3n) is 2.58. The normalized spacial score (nSPS) is 19.7. The molecule has 0 fully saturated rings. The molecule has 1 nitrogen and oxygen atoms in total. The van der Waals surface area contributed by atoms with Crippen LogP contribution < -0.4 is 0 Å². The molecule has 1 atom stereocenters. The largest absolute Gasteiger partial charge is 0.396 e. The van der Waals surface area contributed by atoms with Crippen LogP contribution >= 0.6 is 11.8 Å². The summed E-state index contributed by atoms with van der Waals surface area (Å²) in [5.74, 6) is 0. The molecule has 2 rings (SSSR count). The topological polar surface area (TPSA) is 20.2 Å². The molecule has 0 amide bonds. The van der Waals surface area contributed by atoms with Crippen LogP contribution in [0.25, 0.3) is 0 Å². The Kier molecular flexibility index (Phi) is 3.14. The quantitative estimate of drug-likeness (QED) is 0.824. The van der Waals surface area contributed by atoms with E-state index in [9.17, 15) is 0 Å². The van der Waals surface area contributed by atoms with Crippen LogP contribution in [0.2, 0.25) is 0 Å². The zero-order valence-electron chi connectivity index (χ0n) is 8.49. The van der Waals surface area contributed by atoms with E-state index < -0.39 is 0 Å². The number of aliphatic hydroxyl groups is 1. The molecular formula is C12H16OS. The Morgan fingerprint density at radius 3 is 3.14 bits per heavy atom. The second-order valence-corrected chi connectivity index (χ2v) is 5.38. The van der Waals surface area contributed by atoms with Crippen LogP contribution in [-0.2, 0) is 12.8 Å². The molecule has 1 aromatic carbocycles. The number of hydrogen-bond acceptors (Lipinski definition) is 2. The maximum atomic E-state index is 8.76. The SMILES string of the molecule is CC1Cc2cc(CCCO)ccc2S1. The summed E-state index contributed by atoms with van der Waals surface area (Å²) in [5, 5.41) is 9.49. The van der Waals surface area contributed by atoms with Crippen molar-refractivity contribution < 1.29 is 5.11 Å². The number of hydrogen-bond donors (Lipinski definition) is 1. The van der Waals surface area contributed by atoms with Crippen molar-refractivity contribution in [2.24, 2.45) is 0 Å². The van der Waals surface area contributed by atoms with E-state index in [0.29, 0.717) is 6.61 Å². The fourth-order valence-corrected chi connectivity index (χ4v) is 3.05. The van der Waals surface area contributed by atoms with Crippen molar-refractivity contribution in [3.8, 4) is 0 Å². The van der Waals surface area contributed by atoms with Gasteiger partial charge in [0.05, 0.1) is 0 Å².